The Bertz CT molecular complexity index is 1670. The topological polar surface area (TPSA) is 86.0 Å². The fraction of sp³-hybridized carbons (Fsp3) is 0.294. The van der Waals surface area contributed by atoms with Crippen molar-refractivity contribution >= 4 is 44.9 Å². The number of hydrogen-bond donors (Lipinski definition) is 2. The third-order valence-corrected chi connectivity index (χ3v) is 8.63. The molecule has 0 radical (unpaired) electrons. The van der Waals surface area contributed by atoms with E-state index in [-0.39, 0.29) is 42.0 Å². The Morgan fingerprint density at radius 1 is 1.11 bits per heavy atom. The Morgan fingerprint density at radius 2 is 1.80 bits per heavy atom. The van der Waals surface area contributed by atoms with Gasteiger partial charge in [0.1, 0.15) is 0 Å². The van der Waals surface area contributed by atoms with Gasteiger partial charge in [-0.2, -0.15) is 18.4 Å². The highest BCUT2D eigenvalue weighted by Crippen LogP contribution is 2.32. The smallest absolute Gasteiger partial charge is 0.351 e. The van der Waals surface area contributed by atoms with Crippen molar-refractivity contribution in [3.63, 3.8) is 0 Å². The van der Waals surface area contributed by atoms with Gasteiger partial charge in [0.2, 0.25) is 5.91 Å². The molecule has 1 heterocycles. The Hall–Kier alpha value is -4.21. The highest BCUT2D eigenvalue weighted by molar-refractivity contribution is 9.10. The van der Waals surface area contributed by atoms with Crippen molar-refractivity contribution in [2.24, 2.45) is 5.92 Å². The quantitative estimate of drug-likeness (QED) is 0.148. The first kappa shape index (κ1) is 34.7. The number of carbonyl (C=O) groups is 1. The SMILES string of the molecule is CC[C@H](C)[C@@H](CN(Cc1ccccc1C(F)(F)F)C(=S)Nc1ccc(Br)cc1)NC(=O)Cc1cncn1Cc1ccc(C#N)cc1. The van der Waals surface area contributed by atoms with Gasteiger partial charge in [-0.05, 0) is 71.7 Å². The molecule has 12 heteroatoms. The summed E-state index contributed by atoms with van der Waals surface area (Å²) in [5, 5.41) is 15.6. The van der Waals surface area contributed by atoms with E-state index in [1.807, 2.05) is 54.8 Å². The first-order valence-corrected chi connectivity index (χ1v) is 15.9. The molecule has 0 saturated carbocycles. The molecule has 240 valence electrons. The lowest BCUT2D eigenvalue weighted by Crippen LogP contribution is -2.50. The minimum absolute atomic E-state index is 0.0108. The van der Waals surface area contributed by atoms with Crippen molar-refractivity contribution in [3.05, 3.63) is 118 Å². The van der Waals surface area contributed by atoms with E-state index in [9.17, 15) is 18.0 Å². The van der Waals surface area contributed by atoms with Crippen LogP contribution in [0.1, 0.15) is 48.2 Å². The minimum Gasteiger partial charge on any atom is -0.351 e. The summed E-state index contributed by atoms with van der Waals surface area (Å²) in [6, 6.07) is 21.6. The number of hydrogen-bond acceptors (Lipinski definition) is 4. The van der Waals surface area contributed by atoms with Crippen LogP contribution in [-0.4, -0.2) is 38.1 Å². The summed E-state index contributed by atoms with van der Waals surface area (Å²) in [6.07, 6.45) is -0.463. The monoisotopic (exact) mass is 710 g/mol. The van der Waals surface area contributed by atoms with Crippen LogP contribution in [0, 0.1) is 17.2 Å². The molecule has 0 aliphatic rings. The van der Waals surface area contributed by atoms with Gasteiger partial charge in [-0.15, -0.1) is 0 Å². The van der Waals surface area contributed by atoms with Crippen LogP contribution in [0.3, 0.4) is 0 Å². The molecule has 0 aliphatic carbocycles. The number of nitrogens with one attached hydrogen (secondary N) is 2. The Kier molecular flexibility index (Phi) is 12.0. The number of aromatic nitrogens is 2. The van der Waals surface area contributed by atoms with Gasteiger partial charge >= 0.3 is 6.18 Å². The number of benzene rings is 3. The molecule has 2 N–H and O–H groups in total. The van der Waals surface area contributed by atoms with Gasteiger partial charge in [0.15, 0.2) is 5.11 Å². The van der Waals surface area contributed by atoms with Crippen molar-refractivity contribution in [2.75, 3.05) is 11.9 Å². The Balaban J connectivity index is 1.54. The second-order valence-corrected chi connectivity index (χ2v) is 12.3. The number of anilines is 1. The van der Waals surface area contributed by atoms with Crippen LogP contribution in [0.15, 0.2) is 89.8 Å². The molecule has 0 bridgehead atoms. The first-order valence-electron chi connectivity index (χ1n) is 14.7. The standard InChI is InChI=1S/C34H34BrF3N6OS/c1-3-23(2)31(42-32(45)16-29-18-40-22-44(29)19-25-10-8-24(17-39)9-11-25)21-43(33(46)41-28-14-12-27(35)13-15-28)20-26-6-4-5-7-30(26)34(36,37)38/h4-15,18,22-23,31H,3,16,19-21H2,1-2H3,(H,41,46)(H,42,45)/t23-,31+/m0/s1. The lowest BCUT2D eigenvalue weighted by Gasteiger charge is -2.34. The van der Waals surface area contributed by atoms with E-state index in [0.29, 0.717) is 23.5 Å². The largest absolute Gasteiger partial charge is 0.416 e. The van der Waals surface area contributed by atoms with Gasteiger partial charge in [0.05, 0.1) is 29.9 Å². The van der Waals surface area contributed by atoms with E-state index in [1.54, 1.807) is 35.6 Å². The number of halogens is 4. The van der Waals surface area contributed by atoms with Crippen molar-refractivity contribution < 1.29 is 18.0 Å². The maximum absolute atomic E-state index is 13.9. The van der Waals surface area contributed by atoms with Crippen LogP contribution in [0.2, 0.25) is 0 Å². The van der Waals surface area contributed by atoms with Gasteiger partial charge < -0.3 is 20.1 Å². The van der Waals surface area contributed by atoms with Gasteiger partial charge in [-0.25, -0.2) is 4.98 Å². The zero-order chi connectivity index (χ0) is 33.3. The second kappa shape index (κ2) is 15.9. The highest BCUT2D eigenvalue weighted by atomic mass is 79.9. The first-order chi connectivity index (χ1) is 22.0. The minimum atomic E-state index is -4.53. The van der Waals surface area contributed by atoms with Crippen LogP contribution < -0.4 is 10.6 Å². The lowest BCUT2D eigenvalue weighted by atomic mass is 9.97. The Morgan fingerprint density at radius 3 is 2.46 bits per heavy atom. The molecule has 4 rings (SSSR count). The lowest BCUT2D eigenvalue weighted by molar-refractivity contribution is -0.138. The molecule has 0 unspecified atom stereocenters. The van der Waals surface area contributed by atoms with Crippen molar-refractivity contribution in [1.29, 1.82) is 5.26 Å². The fourth-order valence-electron chi connectivity index (χ4n) is 4.93. The predicted molar refractivity (Wildman–Crippen MR) is 180 cm³/mol. The Labute approximate surface area is 280 Å². The summed E-state index contributed by atoms with van der Waals surface area (Å²) in [4.78, 5) is 19.3. The molecule has 0 fully saturated rings. The van der Waals surface area contributed by atoms with Gasteiger partial charge in [-0.3, -0.25) is 4.79 Å². The van der Waals surface area contributed by atoms with Crippen LogP contribution >= 0.6 is 28.1 Å². The van der Waals surface area contributed by atoms with Crippen LogP contribution in [-0.2, 0) is 30.5 Å². The van der Waals surface area contributed by atoms with E-state index in [4.69, 9.17) is 17.5 Å². The number of imidazole rings is 1. The summed E-state index contributed by atoms with van der Waals surface area (Å²) >= 11 is 9.15. The summed E-state index contributed by atoms with van der Waals surface area (Å²) < 4.78 is 44.6. The van der Waals surface area contributed by atoms with E-state index in [1.165, 1.54) is 12.1 Å². The molecule has 0 saturated heterocycles. The van der Waals surface area contributed by atoms with Gasteiger partial charge in [0.25, 0.3) is 0 Å². The summed E-state index contributed by atoms with van der Waals surface area (Å²) in [5.74, 6) is -0.252. The predicted octanol–water partition coefficient (Wildman–Crippen LogP) is 7.56. The van der Waals surface area contributed by atoms with Crippen LogP contribution in [0.4, 0.5) is 18.9 Å². The molecule has 0 spiro atoms. The molecule has 4 aromatic rings. The molecule has 3 aromatic carbocycles. The van der Waals surface area contributed by atoms with Gasteiger partial charge in [0, 0.05) is 47.7 Å². The molecule has 1 aromatic heterocycles. The molecule has 2 atom stereocenters. The average Bonchev–Trinajstić information content (AvgIpc) is 3.46. The third kappa shape index (κ3) is 9.64. The highest BCUT2D eigenvalue weighted by Gasteiger charge is 2.34. The third-order valence-electron chi connectivity index (χ3n) is 7.74. The van der Waals surface area contributed by atoms with E-state index in [2.05, 4.69) is 37.6 Å². The number of carbonyl (C=O) groups excluding carboxylic acids is 1. The molecular formula is C34H34BrF3N6OS. The molecule has 46 heavy (non-hydrogen) atoms. The van der Waals surface area contributed by atoms with Gasteiger partial charge in [-0.1, -0.05) is 66.5 Å². The summed E-state index contributed by atoms with van der Waals surface area (Å²) in [5.41, 5.74) is 2.25. The zero-order valence-electron chi connectivity index (χ0n) is 25.4. The van der Waals surface area contributed by atoms with Crippen molar-refractivity contribution in [3.8, 4) is 6.07 Å². The molecular weight excluding hydrogens is 677 g/mol. The summed E-state index contributed by atoms with van der Waals surface area (Å²) in [6.45, 7) is 4.54. The van der Waals surface area contributed by atoms with E-state index in [0.717, 1.165) is 22.5 Å². The molecule has 1 amide bonds. The number of nitriles is 1. The van der Waals surface area contributed by atoms with Crippen molar-refractivity contribution in [2.45, 2.75) is 52.0 Å². The number of nitrogens with zero attached hydrogens (tertiary/aromatic N) is 4. The maximum atomic E-state index is 13.9. The number of alkyl halides is 3. The van der Waals surface area contributed by atoms with Crippen molar-refractivity contribution in [1.82, 2.24) is 19.8 Å². The molecule has 0 aliphatic heterocycles. The molecule has 7 nitrogen and oxygen atoms in total. The van der Waals surface area contributed by atoms with Crippen LogP contribution in [0.25, 0.3) is 0 Å². The summed E-state index contributed by atoms with van der Waals surface area (Å²) in [7, 11) is 0. The second-order valence-electron chi connectivity index (χ2n) is 11.0. The number of thiocarbonyl (C=S) groups is 1. The zero-order valence-corrected chi connectivity index (χ0v) is 27.8. The number of amides is 1. The van der Waals surface area contributed by atoms with E-state index >= 15 is 0 Å². The fourth-order valence-corrected chi connectivity index (χ4v) is 5.45. The van der Waals surface area contributed by atoms with E-state index < -0.39 is 17.8 Å². The average molecular weight is 712 g/mol. The number of rotatable bonds is 12. The normalized spacial score (nSPS) is 12.5. The van der Waals surface area contributed by atoms with Crippen LogP contribution in [0.5, 0.6) is 0 Å². The maximum Gasteiger partial charge on any atom is 0.416 e.